The molecule has 0 radical (unpaired) electrons. The predicted molar refractivity (Wildman–Crippen MR) is 81.1 cm³/mol. The highest BCUT2D eigenvalue weighted by Crippen LogP contribution is 2.31. The fourth-order valence-electron chi connectivity index (χ4n) is 2.34. The van der Waals surface area contributed by atoms with Crippen molar-refractivity contribution in [3.05, 3.63) is 69.9 Å². The summed E-state index contributed by atoms with van der Waals surface area (Å²) in [5, 5.41) is 1.13. The van der Waals surface area contributed by atoms with Crippen LogP contribution in [-0.2, 0) is 0 Å². The second kappa shape index (κ2) is 4.83. The second-order valence-corrected chi connectivity index (χ2v) is 5.54. The summed E-state index contributed by atoms with van der Waals surface area (Å²) in [6.07, 6.45) is 0. The lowest BCUT2D eigenvalue weighted by atomic mass is 10.0. The van der Waals surface area contributed by atoms with E-state index in [0.717, 1.165) is 32.3 Å². The minimum absolute atomic E-state index is 0.245. The average molecular weight is 316 g/mol. The number of fused-ring (bicyclic) bond motifs is 1. The SMILES string of the molecule is Cc1c(C(N)c2cccc(Br)c2)oc2ccccc12. The summed E-state index contributed by atoms with van der Waals surface area (Å²) in [6, 6.07) is 15.8. The number of nitrogens with two attached hydrogens (primary N) is 1. The van der Waals surface area contributed by atoms with E-state index in [-0.39, 0.29) is 6.04 Å². The number of hydrogen-bond acceptors (Lipinski definition) is 2. The lowest BCUT2D eigenvalue weighted by molar-refractivity contribution is 0.521. The van der Waals surface area contributed by atoms with E-state index in [1.807, 2.05) is 42.5 Å². The smallest absolute Gasteiger partial charge is 0.134 e. The van der Waals surface area contributed by atoms with Crippen LogP contribution < -0.4 is 5.73 Å². The molecule has 3 aromatic rings. The number of halogens is 1. The van der Waals surface area contributed by atoms with Gasteiger partial charge in [0, 0.05) is 15.4 Å². The molecule has 0 aliphatic carbocycles. The van der Waals surface area contributed by atoms with Crippen LogP contribution in [0.3, 0.4) is 0 Å². The van der Waals surface area contributed by atoms with E-state index in [2.05, 4.69) is 28.9 Å². The number of aryl methyl sites for hydroxylation is 1. The number of rotatable bonds is 2. The van der Waals surface area contributed by atoms with Crippen molar-refractivity contribution >= 4 is 26.9 Å². The highest BCUT2D eigenvalue weighted by molar-refractivity contribution is 9.10. The largest absolute Gasteiger partial charge is 0.459 e. The Morgan fingerprint density at radius 3 is 2.63 bits per heavy atom. The van der Waals surface area contributed by atoms with Gasteiger partial charge in [-0.25, -0.2) is 0 Å². The van der Waals surface area contributed by atoms with Crippen LogP contribution in [0.25, 0.3) is 11.0 Å². The van der Waals surface area contributed by atoms with Gasteiger partial charge in [-0.15, -0.1) is 0 Å². The number of furan rings is 1. The summed E-state index contributed by atoms with van der Waals surface area (Å²) in [4.78, 5) is 0. The summed E-state index contributed by atoms with van der Waals surface area (Å²) < 4.78 is 6.94. The highest BCUT2D eigenvalue weighted by Gasteiger charge is 2.18. The molecule has 19 heavy (non-hydrogen) atoms. The first-order chi connectivity index (χ1) is 9.16. The van der Waals surface area contributed by atoms with E-state index in [1.54, 1.807) is 0 Å². The quantitative estimate of drug-likeness (QED) is 0.753. The Morgan fingerprint density at radius 1 is 1.11 bits per heavy atom. The van der Waals surface area contributed by atoms with Gasteiger partial charge in [-0.05, 0) is 30.7 Å². The van der Waals surface area contributed by atoms with Crippen LogP contribution >= 0.6 is 15.9 Å². The van der Waals surface area contributed by atoms with Gasteiger partial charge in [0.15, 0.2) is 0 Å². The predicted octanol–water partition coefficient (Wildman–Crippen LogP) is 4.55. The molecule has 0 saturated heterocycles. The molecule has 2 aromatic carbocycles. The topological polar surface area (TPSA) is 39.2 Å². The van der Waals surface area contributed by atoms with Crippen molar-refractivity contribution in [2.75, 3.05) is 0 Å². The maximum Gasteiger partial charge on any atom is 0.134 e. The molecule has 0 aliphatic heterocycles. The van der Waals surface area contributed by atoms with Gasteiger partial charge >= 0.3 is 0 Å². The molecule has 3 heteroatoms. The highest BCUT2D eigenvalue weighted by atomic mass is 79.9. The third-order valence-corrected chi connectivity index (χ3v) is 3.86. The van der Waals surface area contributed by atoms with Gasteiger partial charge in [0.1, 0.15) is 11.3 Å². The molecule has 0 aliphatic rings. The molecule has 96 valence electrons. The van der Waals surface area contributed by atoms with Crippen LogP contribution in [0, 0.1) is 6.92 Å². The van der Waals surface area contributed by atoms with Gasteiger partial charge < -0.3 is 10.2 Å². The van der Waals surface area contributed by atoms with Crippen LogP contribution in [0.2, 0.25) is 0 Å². The monoisotopic (exact) mass is 315 g/mol. The molecule has 1 heterocycles. The first-order valence-electron chi connectivity index (χ1n) is 6.16. The van der Waals surface area contributed by atoms with Crippen molar-refractivity contribution in [1.82, 2.24) is 0 Å². The molecule has 2 nitrogen and oxygen atoms in total. The molecule has 2 N–H and O–H groups in total. The first kappa shape index (κ1) is 12.5. The molecule has 1 aromatic heterocycles. The molecule has 0 spiro atoms. The average Bonchev–Trinajstić information content (AvgIpc) is 2.76. The fraction of sp³-hybridized carbons (Fsp3) is 0.125. The number of hydrogen-bond donors (Lipinski definition) is 1. The second-order valence-electron chi connectivity index (χ2n) is 4.62. The van der Waals surface area contributed by atoms with E-state index < -0.39 is 0 Å². The Morgan fingerprint density at radius 2 is 1.89 bits per heavy atom. The van der Waals surface area contributed by atoms with E-state index in [0.29, 0.717) is 0 Å². The van der Waals surface area contributed by atoms with Gasteiger partial charge in [0.2, 0.25) is 0 Å². The Bertz CT molecular complexity index is 732. The van der Waals surface area contributed by atoms with Gasteiger partial charge in [0.05, 0.1) is 6.04 Å². The molecule has 3 rings (SSSR count). The van der Waals surface area contributed by atoms with Gasteiger partial charge in [-0.1, -0.05) is 46.3 Å². The lowest BCUT2D eigenvalue weighted by Crippen LogP contribution is -2.11. The summed E-state index contributed by atoms with van der Waals surface area (Å²) >= 11 is 3.47. The molecule has 1 atom stereocenters. The molecule has 1 unspecified atom stereocenters. The van der Waals surface area contributed by atoms with Crippen molar-refractivity contribution < 1.29 is 4.42 Å². The minimum atomic E-state index is -0.245. The molecule has 0 bridgehead atoms. The summed E-state index contributed by atoms with van der Waals surface area (Å²) in [5.74, 6) is 0.833. The van der Waals surface area contributed by atoms with Crippen LogP contribution in [0.4, 0.5) is 0 Å². The summed E-state index contributed by atoms with van der Waals surface area (Å²) in [5.41, 5.74) is 9.38. The van der Waals surface area contributed by atoms with Crippen molar-refractivity contribution in [2.24, 2.45) is 5.73 Å². The third kappa shape index (κ3) is 2.20. The zero-order valence-electron chi connectivity index (χ0n) is 10.6. The molecule has 0 fully saturated rings. The van der Waals surface area contributed by atoms with Gasteiger partial charge in [-0.3, -0.25) is 0 Å². The third-order valence-electron chi connectivity index (χ3n) is 3.37. The molecular weight excluding hydrogens is 302 g/mol. The van der Waals surface area contributed by atoms with Crippen LogP contribution in [0.1, 0.15) is 22.9 Å². The standard InChI is InChI=1S/C16H14BrNO/c1-10-13-7-2-3-8-14(13)19-16(10)15(18)11-5-4-6-12(17)9-11/h2-9,15H,18H2,1H3. The maximum absolute atomic E-state index is 6.34. The minimum Gasteiger partial charge on any atom is -0.459 e. The van der Waals surface area contributed by atoms with Crippen LogP contribution in [0.5, 0.6) is 0 Å². The van der Waals surface area contributed by atoms with Crippen molar-refractivity contribution in [1.29, 1.82) is 0 Å². The maximum atomic E-state index is 6.34. The van der Waals surface area contributed by atoms with Crippen LogP contribution in [-0.4, -0.2) is 0 Å². The summed E-state index contributed by atoms with van der Waals surface area (Å²) in [6.45, 7) is 2.05. The van der Waals surface area contributed by atoms with Gasteiger partial charge in [-0.2, -0.15) is 0 Å². The van der Waals surface area contributed by atoms with Crippen molar-refractivity contribution in [2.45, 2.75) is 13.0 Å². The van der Waals surface area contributed by atoms with E-state index >= 15 is 0 Å². The lowest BCUT2D eigenvalue weighted by Gasteiger charge is -2.10. The van der Waals surface area contributed by atoms with Gasteiger partial charge in [0.25, 0.3) is 0 Å². The zero-order chi connectivity index (χ0) is 13.4. The first-order valence-corrected chi connectivity index (χ1v) is 6.95. The fourth-order valence-corrected chi connectivity index (χ4v) is 2.76. The van der Waals surface area contributed by atoms with E-state index in [4.69, 9.17) is 10.2 Å². The normalized spacial score (nSPS) is 12.8. The van der Waals surface area contributed by atoms with E-state index in [1.165, 1.54) is 0 Å². The molecular formula is C16H14BrNO. The molecule has 0 amide bonds. The van der Waals surface area contributed by atoms with Crippen LogP contribution in [0.15, 0.2) is 57.4 Å². The zero-order valence-corrected chi connectivity index (χ0v) is 12.1. The Kier molecular flexibility index (Phi) is 3.17. The number of para-hydroxylation sites is 1. The van der Waals surface area contributed by atoms with Crippen molar-refractivity contribution in [3.8, 4) is 0 Å². The summed E-state index contributed by atoms with van der Waals surface area (Å²) in [7, 11) is 0. The Labute approximate surface area is 120 Å². The van der Waals surface area contributed by atoms with Crippen molar-refractivity contribution in [3.63, 3.8) is 0 Å². The van der Waals surface area contributed by atoms with E-state index in [9.17, 15) is 0 Å². The Balaban J connectivity index is 2.11. The Hall–Kier alpha value is -1.58. The number of benzene rings is 2. The molecule has 0 saturated carbocycles.